The number of fused-ring (bicyclic) bond motifs is 1. The average Bonchev–Trinajstić information content (AvgIpc) is 2.87. The predicted octanol–water partition coefficient (Wildman–Crippen LogP) is 4.89. The van der Waals surface area contributed by atoms with Gasteiger partial charge in [0.2, 0.25) is 5.91 Å². The molecule has 1 N–H and O–H groups in total. The molecule has 0 fully saturated rings. The Kier molecular flexibility index (Phi) is 7.41. The fraction of sp³-hybridized carbons (Fsp3) is 0.222. The maximum atomic E-state index is 13.4. The first-order valence-electron chi connectivity index (χ1n) is 11.1. The fourth-order valence-electron chi connectivity index (χ4n) is 3.59. The van der Waals surface area contributed by atoms with Crippen LogP contribution in [0.2, 0.25) is 0 Å². The van der Waals surface area contributed by atoms with Gasteiger partial charge in [0.15, 0.2) is 5.16 Å². The number of rotatable bonds is 8. The monoisotopic (exact) mass is 489 g/mol. The average molecular weight is 490 g/mol. The van der Waals surface area contributed by atoms with Crippen LogP contribution in [0.25, 0.3) is 10.9 Å². The highest BCUT2D eigenvalue weighted by molar-refractivity contribution is 8.00. The molecular formula is C27H27N3O4S. The van der Waals surface area contributed by atoms with Crippen LogP contribution >= 0.6 is 11.8 Å². The molecule has 7 nitrogen and oxygen atoms in total. The third-order valence-electron chi connectivity index (χ3n) is 5.56. The minimum absolute atomic E-state index is 0.135. The van der Waals surface area contributed by atoms with E-state index in [1.807, 2.05) is 49.4 Å². The van der Waals surface area contributed by atoms with E-state index in [1.165, 1.54) is 11.8 Å². The molecule has 1 amide bonds. The molecule has 0 bridgehead atoms. The molecule has 1 atom stereocenters. The third-order valence-corrected chi connectivity index (χ3v) is 6.65. The number of hydrogen-bond donors (Lipinski definition) is 1. The summed E-state index contributed by atoms with van der Waals surface area (Å²) >= 11 is 1.25. The van der Waals surface area contributed by atoms with Crippen molar-refractivity contribution in [3.8, 4) is 11.5 Å². The number of ether oxygens (including phenoxy) is 2. The molecule has 0 radical (unpaired) electrons. The first-order chi connectivity index (χ1) is 16.9. The van der Waals surface area contributed by atoms with Gasteiger partial charge in [-0.3, -0.25) is 14.2 Å². The van der Waals surface area contributed by atoms with Crippen LogP contribution in [0.5, 0.6) is 11.5 Å². The maximum Gasteiger partial charge on any atom is 0.262 e. The highest BCUT2D eigenvalue weighted by Crippen LogP contribution is 2.28. The van der Waals surface area contributed by atoms with Crippen LogP contribution in [0.1, 0.15) is 18.1 Å². The summed E-state index contributed by atoms with van der Waals surface area (Å²) in [4.78, 5) is 31.2. The van der Waals surface area contributed by atoms with Crippen LogP contribution in [-0.2, 0) is 11.3 Å². The lowest BCUT2D eigenvalue weighted by molar-refractivity contribution is -0.115. The van der Waals surface area contributed by atoms with E-state index in [4.69, 9.17) is 14.5 Å². The van der Waals surface area contributed by atoms with Crippen LogP contribution < -0.4 is 20.3 Å². The molecule has 1 aromatic heterocycles. The van der Waals surface area contributed by atoms with Gasteiger partial charge in [0, 0.05) is 23.9 Å². The molecule has 4 rings (SSSR count). The number of methoxy groups -OCH3 is 2. The Labute approximate surface area is 208 Å². The van der Waals surface area contributed by atoms with Crippen LogP contribution in [0.4, 0.5) is 5.69 Å². The summed E-state index contributed by atoms with van der Waals surface area (Å²) in [6.45, 7) is 4.17. The van der Waals surface area contributed by atoms with Gasteiger partial charge in [-0.2, -0.15) is 0 Å². The normalized spacial score (nSPS) is 11.8. The second kappa shape index (κ2) is 10.7. The zero-order valence-corrected chi connectivity index (χ0v) is 20.9. The van der Waals surface area contributed by atoms with Crippen molar-refractivity contribution in [1.82, 2.24) is 9.55 Å². The van der Waals surface area contributed by atoms with Crippen molar-refractivity contribution in [2.45, 2.75) is 30.8 Å². The van der Waals surface area contributed by atoms with E-state index >= 15 is 0 Å². The van der Waals surface area contributed by atoms with E-state index < -0.39 is 5.25 Å². The van der Waals surface area contributed by atoms with Crippen molar-refractivity contribution in [3.05, 3.63) is 88.2 Å². The van der Waals surface area contributed by atoms with Crippen molar-refractivity contribution in [2.24, 2.45) is 0 Å². The lowest BCUT2D eigenvalue weighted by Crippen LogP contribution is -2.27. The molecule has 0 spiro atoms. The summed E-state index contributed by atoms with van der Waals surface area (Å²) in [6.07, 6.45) is 0. The Balaban J connectivity index is 1.64. The number of amides is 1. The predicted molar refractivity (Wildman–Crippen MR) is 140 cm³/mol. The summed E-state index contributed by atoms with van der Waals surface area (Å²) in [6, 6.07) is 20.5. The SMILES string of the molecule is COc1cc(NC(=O)C(C)Sc2nc3ccccc3c(=O)n2Cc2ccc(C)cc2)cc(OC)c1. The minimum atomic E-state index is -0.524. The Morgan fingerprint density at radius 3 is 2.34 bits per heavy atom. The molecule has 1 heterocycles. The Hall–Kier alpha value is -3.78. The third kappa shape index (κ3) is 5.66. The number of anilines is 1. The van der Waals surface area contributed by atoms with Gasteiger partial charge in [-0.1, -0.05) is 53.7 Å². The minimum Gasteiger partial charge on any atom is -0.497 e. The van der Waals surface area contributed by atoms with Crippen LogP contribution in [0.15, 0.2) is 76.7 Å². The van der Waals surface area contributed by atoms with Gasteiger partial charge in [0.25, 0.3) is 5.56 Å². The molecule has 35 heavy (non-hydrogen) atoms. The number of nitrogens with one attached hydrogen (secondary N) is 1. The number of benzene rings is 3. The second-order valence-electron chi connectivity index (χ2n) is 8.14. The van der Waals surface area contributed by atoms with E-state index in [2.05, 4.69) is 5.32 Å². The van der Waals surface area contributed by atoms with Crippen LogP contribution in [0.3, 0.4) is 0 Å². The first-order valence-corrected chi connectivity index (χ1v) is 12.0. The largest absolute Gasteiger partial charge is 0.497 e. The Morgan fingerprint density at radius 1 is 1.03 bits per heavy atom. The highest BCUT2D eigenvalue weighted by Gasteiger charge is 2.20. The Morgan fingerprint density at radius 2 is 1.69 bits per heavy atom. The number of hydrogen-bond acceptors (Lipinski definition) is 6. The maximum absolute atomic E-state index is 13.4. The van der Waals surface area contributed by atoms with E-state index in [0.717, 1.165) is 11.1 Å². The molecule has 8 heteroatoms. The number of carbonyl (C=O) groups excluding carboxylic acids is 1. The van der Waals surface area contributed by atoms with Gasteiger partial charge < -0.3 is 14.8 Å². The zero-order valence-electron chi connectivity index (χ0n) is 20.1. The van der Waals surface area contributed by atoms with Gasteiger partial charge in [-0.15, -0.1) is 0 Å². The topological polar surface area (TPSA) is 82.5 Å². The first kappa shape index (κ1) is 24.3. The summed E-state index contributed by atoms with van der Waals surface area (Å²) < 4.78 is 12.2. The molecular weight excluding hydrogens is 462 g/mol. The zero-order chi connectivity index (χ0) is 24.9. The van der Waals surface area contributed by atoms with Crippen LogP contribution in [0, 0.1) is 6.92 Å². The number of thioether (sulfide) groups is 1. The van der Waals surface area contributed by atoms with Gasteiger partial charge in [-0.25, -0.2) is 4.98 Å². The van der Waals surface area contributed by atoms with Crippen molar-refractivity contribution >= 4 is 34.3 Å². The van der Waals surface area contributed by atoms with E-state index in [1.54, 1.807) is 50.0 Å². The standard InChI is InChI=1S/C27H27N3O4S/c1-17-9-11-19(12-10-17)16-30-26(32)23-7-5-6-8-24(23)29-27(30)35-18(2)25(31)28-20-13-21(33-3)15-22(14-20)34-4/h5-15,18H,16H2,1-4H3,(H,28,31). The highest BCUT2D eigenvalue weighted by atomic mass is 32.2. The summed E-state index contributed by atoms with van der Waals surface area (Å²) in [5.74, 6) is 0.917. The molecule has 3 aromatic carbocycles. The molecule has 0 saturated carbocycles. The van der Waals surface area contributed by atoms with Crippen molar-refractivity contribution in [1.29, 1.82) is 0 Å². The fourth-order valence-corrected chi connectivity index (χ4v) is 4.50. The molecule has 180 valence electrons. The quantitative estimate of drug-likeness (QED) is 0.280. The Bertz CT molecular complexity index is 1390. The number of aromatic nitrogens is 2. The molecule has 4 aromatic rings. The summed E-state index contributed by atoms with van der Waals surface area (Å²) in [5.41, 5.74) is 3.15. The molecule has 0 aliphatic heterocycles. The molecule has 1 unspecified atom stereocenters. The lowest BCUT2D eigenvalue weighted by atomic mass is 10.1. The van der Waals surface area contributed by atoms with E-state index in [0.29, 0.717) is 39.8 Å². The lowest BCUT2D eigenvalue weighted by Gasteiger charge is -2.17. The second-order valence-corrected chi connectivity index (χ2v) is 9.45. The van der Waals surface area contributed by atoms with Gasteiger partial charge in [-0.05, 0) is 31.5 Å². The molecule has 0 aliphatic carbocycles. The molecule has 0 saturated heterocycles. The van der Waals surface area contributed by atoms with Gasteiger partial charge >= 0.3 is 0 Å². The van der Waals surface area contributed by atoms with E-state index in [9.17, 15) is 9.59 Å². The number of carbonyl (C=O) groups is 1. The van der Waals surface area contributed by atoms with E-state index in [-0.39, 0.29) is 11.5 Å². The van der Waals surface area contributed by atoms with Crippen molar-refractivity contribution in [2.75, 3.05) is 19.5 Å². The smallest absolute Gasteiger partial charge is 0.262 e. The summed E-state index contributed by atoms with van der Waals surface area (Å²) in [5, 5.41) is 3.41. The van der Waals surface area contributed by atoms with Gasteiger partial charge in [0.05, 0.1) is 36.9 Å². The van der Waals surface area contributed by atoms with Crippen LogP contribution in [-0.4, -0.2) is 34.9 Å². The summed E-state index contributed by atoms with van der Waals surface area (Å²) in [7, 11) is 3.11. The number of nitrogens with zero attached hydrogens (tertiary/aromatic N) is 2. The number of aryl methyl sites for hydroxylation is 1. The molecule has 0 aliphatic rings. The number of para-hydroxylation sites is 1. The van der Waals surface area contributed by atoms with Gasteiger partial charge in [0.1, 0.15) is 11.5 Å². The van der Waals surface area contributed by atoms with Crippen molar-refractivity contribution in [3.63, 3.8) is 0 Å². The van der Waals surface area contributed by atoms with Crippen molar-refractivity contribution < 1.29 is 14.3 Å².